The molecular weight excluding hydrogens is 687 g/mol. The van der Waals surface area contributed by atoms with Gasteiger partial charge in [-0.05, 0) is 113 Å². The summed E-state index contributed by atoms with van der Waals surface area (Å²) in [4.78, 5) is 1.31. The zero-order valence-electron chi connectivity index (χ0n) is 53.2. The van der Waals surface area contributed by atoms with E-state index in [9.17, 15) is 13.7 Å². The third kappa shape index (κ3) is 4.29. The Morgan fingerprint density at radius 2 is 1.18 bits per heavy atom. The number of para-hydroxylation sites is 1. The average molecular weight is 749 g/mol. The van der Waals surface area contributed by atoms with Crippen molar-refractivity contribution in [3.8, 4) is 44.5 Å². The van der Waals surface area contributed by atoms with Crippen LogP contribution in [0.25, 0.3) is 55.3 Å². The molecule has 0 amide bonds. The molecular formula is C56H39N. The predicted octanol–water partition coefficient (Wildman–Crippen LogP) is 14.6. The monoisotopic (exact) mass is 748 g/mol. The van der Waals surface area contributed by atoms with Gasteiger partial charge >= 0.3 is 0 Å². The van der Waals surface area contributed by atoms with Gasteiger partial charge in [-0.25, -0.2) is 0 Å². The second-order valence-electron chi connectivity index (χ2n) is 14.6. The van der Waals surface area contributed by atoms with E-state index in [1.165, 1.54) is 47.4 Å². The first-order valence-electron chi connectivity index (χ1n) is 29.7. The number of benzene rings is 9. The molecule has 9 aromatic carbocycles. The van der Waals surface area contributed by atoms with Gasteiger partial charge in [-0.1, -0.05) is 183 Å². The minimum Gasteiger partial charge on any atom is -0.310 e. The van der Waals surface area contributed by atoms with Crippen molar-refractivity contribution in [2.45, 2.75) is 24.7 Å². The smallest absolute Gasteiger partial charge is 0.0726 e. The highest BCUT2D eigenvalue weighted by molar-refractivity contribution is 6.07. The van der Waals surface area contributed by atoms with E-state index in [2.05, 4.69) is 0 Å². The summed E-state index contributed by atoms with van der Waals surface area (Å²) in [5.41, 5.74) is -3.49. The van der Waals surface area contributed by atoms with Crippen molar-refractivity contribution in [1.82, 2.24) is 0 Å². The molecule has 0 heterocycles. The molecule has 0 aromatic heterocycles. The van der Waals surface area contributed by atoms with Crippen molar-refractivity contribution in [3.05, 3.63) is 233 Å². The van der Waals surface area contributed by atoms with Crippen LogP contribution < -0.4 is 4.90 Å². The first kappa shape index (κ1) is 17.0. The van der Waals surface area contributed by atoms with E-state index >= 15 is 0 Å². The number of nitrogens with zero attached hydrogens (tertiary/aromatic N) is 1. The third-order valence-corrected chi connectivity index (χ3v) is 11.6. The van der Waals surface area contributed by atoms with Crippen molar-refractivity contribution in [2.75, 3.05) is 4.90 Å². The van der Waals surface area contributed by atoms with Crippen molar-refractivity contribution < 1.29 is 31.5 Å². The third-order valence-electron chi connectivity index (χ3n) is 11.6. The Kier molecular flexibility index (Phi) is 3.52. The van der Waals surface area contributed by atoms with E-state index in [1.807, 2.05) is 13.8 Å². The summed E-state index contributed by atoms with van der Waals surface area (Å²) in [6.07, 6.45) is 0. The molecule has 1 heteroatoms. The molecule has 0 saturated carbocycles. The molecule has 57 heavy (non-hydrogen) atoms. The fraction of sp³-hybridized carbons (Fsp3) is 0.0714. The van der Waals surface area contributed by atoms with Gasteiger partial charge in [0.05, 0.1) is 42.6 Å². The number of fused-ring (bicyclic) bond motifs is 15. The Hall–Kier alpha value is -6.96. The molecule has 0 N–H and O–H groups in total. The minimum atomic E-state index is -2.16. The summed E-state index contributed by atoms with van der Waals surface area (Å²) in [5, 5.41) is -0.643. The van der Waals surface area contributed by atoms with Crippen LogP contribution in [-0.2, 0) is 10.8 Å². The van der Waals surface area contributed by atoms with Crippen LogP contribution in [0.3, 0.4) is 0 Å². The SMILES string of the molecule is [2H]c1cc([2H])c2c(c1)C1(c3cc(N(c4ccc5c(c4[2H])C(C)(C)c4ccc([2H])c([2H])c4-5)c4cc([2H])c([2H])c([2H])c4-c4c([2H])c([2H])c([2H])c([2H])c4[2H])cc([2H])c3-c3c1c([2H])c([2H])c1c([2H])c([2H])c([2H])c([2H])c31)c1cc([2H])c([2H])c([2H])c1-2. The number of hydrogen-bond acceptors (Lipinski definition) is 1. The number of rotatable bonds is 4. The topological polar surface area (TPSA) is 3.24 Å². The van der Waals surface area contributed by atoms with E-state index in [-0.39, 0.29) is 103 Å². The largest absolute Gasteiger partial charge is 0.310 e. The molecule has 0 saturated heterocycles. The molecule has 268 valence electrons. The highest BCUT2D eigenvalue weighted by Crippen LogP contribution is 2.64. The maximum atomic E-state index is 10.3. The second-order valence-corrected chi connectivity index (χ2v) is 14.6. The highest BCUT2D eigenvalue weighted by Gasteiger charge is 2.52. The lowest BCUT2D eigenvalue weighted by Gasteiger charge is -2.33. The standard InChI is InChI=1S/C56H39N/c1-55(2)47-24-12-8-21-42(47)45-31-29-38(34-51(45)55)57(53-27-15-11-19-40(53)36-16-4-3-5-17-36)39-30-32-46-52(35-39)56(50-33-28-37-18-6-7-20-41(37)54(46)50)48-25-13-9-22-43(48)44-23-10-14-26-49(44)56/h3-35H,1-2H3/i3D,4D,5D,6D,7D,8D,9D,11D,13D,14D,15D,16D,17D,18D,19D,20D,21D,22D,23D,28D,32D,33D,34D. The summed E-state index contributed by atoms with van der Waals surface area (Å²) in [6, 6.07) is 0.901. The minimum absolute atomic E-state index is 0.00579. The molecule has 1 atom stereocenters. The van der Waals surface area contributed by atoms with Gasteiger partial charge < -0.3 is 4.90 Å². The summed E-state index contributed by atoms with van der Waals surface area (Å²) < 4.78 is 212. The van der Waals surface area contributed by atoms with Crippen LogP contribution >= 0.6 is 0 Å². The summed E-state index contributed by atoms with van der Waals surface area (Å²) in [6.45, 7) is 3.64. The zero-order valence-corrected chi connectivity index (χ0v) is 30.2. The van der Waals surface area contributed by atoms with Gasteiger partial charge in [-0.15, -0.1) is 0 Å². The fourth-order valence-corrected chi connectivity index (χ4v) is 9.19. The van der Waals surface area contributed by atoms with Crippen LogP contribution in [0.1, 0.15) is 78.8 Å². The molecule has 3 aliphatic rings. The lowest BCUT2D eigenvalue weighted by atomic mass is 9.70. The van der Waals surface area contributed by atoms with Crippen LogP contribution in [0.2, 0.25) is 0 Å². The summed E-state index contributed by atoms with van der Waals surface area (Å²) in [5.74, 6) is 0. The maximum absolute atomic E-state index is 10.3. The van der Waals surface area contributed by atoms with E-state index in [0.717, 1.165) is 6.07 Å². The van der Waals surface area contributed by atoms with Crippen LogP contribution in [0.5, 0.6) is 0 Å². The quantitative estimate of drug-likeness (QED) is 0.173. The van der Waals surface area contributed by atoms with E-state index in [1.54, 1.807) is 12.1 Å². The summed E-state index contributed by atoms with van der Waals surface area (Å²) in [7, 11) is 0. The molecule has 0 aliphatic heterocycles. The van der Waals surface area contributed by atoms with Gasteiger partial charge in [0.25, 0.3) is 0 Å². The number of anilines is 3. The molecule has 0 bridgehead atoms. The lowest BCUT2D eigenvalue weighted by Crippen LogP contribution is -2.26. The Labute approximate surface area is 366 Å². The van der Waals surface area contributed by atoms with E-state index in [0.29, 0.717) is 22.3 Å². The zero-order chi connectivity index (χ0) is 57.9. The van der Waals surface area contributed by atoms with Gasteiger partial charge in [0.15, 0.2) is 0 Å². The molecule has 0 radical (unpaired) electrons. The molecule has 1 unspecified atom stereocenters. The summed E-state index contributed by atoms with van der Waals surface area (Å²) >= 11 is 0. The van der Waals surface area contributed by atoms with Gasteiger partial charge in [-0.3, -0.25) is 0 Å². The molecule has 0 fully saturated rings. The number of hydrogen-bond donors (Lipinski definition) is 0. The Balaban J connectivity index is 1.31. The first-order chi connectivity index (χ1) is 37.5. The Morgan fingerprint density at radius 1 is 0.439 bits per heavy atom. The highest BCUT2D eigenvalue weighted by atomic mass is 15.1. The average Bonchev–Trinajstić information content (AvgIpc) is 3.81. The van der Waals surface area contributed by atoms with Gasteiger partial charge in [0, 0.05) is 22.4 Å². The Bertz CT molecular complexity index is 4420. The molecule has 1 nitrogen and oxygen atoms in total. The fourth-order valence-electron chi connectivity index (χ4n) is 9.19. The van der Waals surface area contributed by atoms with Crippen LogP contribution in [0.15, 0.2) is 200 Å². The lowest BCUT2D eigenvalue weighted by molar-refractivity contribution is 0.660. The Morgan fingerprint density at radius 3 is 2.07 bits per heavy atom. The van der Waals surface area contributed by atoms with Gasteiger partial charge in [0.1, 0.15) is 0 Å². The van der Waals surface area contributed by atoms with Crippen molar-refractivity contribution in [3.63, 3.8) is 0 Å². The van der Waals surface area contributed by atoms with Crippen molar-refractivity contribution >= 4 is 27.8 Å². The molecule has 9 aromatic rings. The van der Waals surface area contributed by atoms with Crippen LogP contribution in [0, 0.1) is 0 Å². The normalized spacial score (nSPS) is 21.8. The second kappa shape index (κ2) is 11.8. The maximum Gasteiger partial charge on any atom is 0.0726 e. The van der Waals surface area contributed by atoms with Crippen LogP contribution in [-0.4, -0.2) is 0 Å². The molecule has 12 rings (SSSR count). The molecule has 1 spiro atoms. The van der Waals surface area contributed by atoms with Gasteiger partial charge in [-0.2, -0.15) is 0 Å². The first-order valence-corrected chi connectivity index (χ1v) is 18.2. The van der Waals surface area contributed by atoms with Crippen LogP contribution in [0.4, 0.5) is 17.1 Å². The van der Waals surface area contributed by atoms with Crippen molar-refractivity contribution in [1.29, 1.82) is 0 Å². The van der Waals surface area contributed by atoms with Crippen molar-refractivity contribution in [2.24, 2.45) is 0 Å². The predicted molar refractivity (Wildman–Crippen MR) is 238 cm³/mol. The van der Waals surface area contributed by atoms with E-state index in [4.69, 9.17) is 17.8 Å². The van der Waals surface area contributed by atoms with Gasteiger partial charge in [0.2, 0.25) is 0 Å². The van der Waals surface area contributed by atoms with E-state index < -0.39 is 131 Å². The molecule has 3 aliphatic carbocycles.